The van der Waals surface area contributed by atoms with Crippen LogP contribution in [0.15, 0.2) is 30.3 Å². The van der Waals surface area contributed by atoms with Crippen molar-refractivity contribution < 1.29 is 18.9 Å². The van der Waals surface area contributed by atoms with Gasteiger partial charge in [0.2, 0.25) is 4.38 Å². The minimum Gasteiger partial charge on any atom is -0.469 e. The molecule has 1 saturated heterocycles. The van der Waals surface area contributed by atoms with Crippen LogP contribution in [-0.2, 0) is 25.6 Å². The summed E-state index contributed by atoms with van der Waals surface area (Å²) >= 11 is 6.63. The van der Waals surface area contributed by atoms with Crippen LogP contribution < -0.4 is 0 Å². The number of thiocarbonyl (C=S) groups is 1. The summed E-state index contributed by atoms with van der Waals surface area (Å²) in [6.07, 6.45) is 1.40. The van der Waals surface area contributed by atoms with Gasteiger partial charge >= 0.3 is 0 Å². The van der Waals surface area contributed by atoms with E-state index in [1.807, 2.05) is 64.3 Å². The fourth-order valence-corrected chi connectivity index (χ4v) is 3.38. The molecular formula is C18H26O4S2. The van der Waals surface area contributed by atoms with E-state index in [0.717, 1.165) is 5.56 Å². The lowest BCUT2D eigenvalue weighted by molar-refractivity contribution is -0.364. The van der Waals surface area contributed by atoms with Crippen molar-refractivity contribution in [3.05, 3.63) is 35.9 Å². The van der Waals surface area contributed by atoms with Gasteiger partial charge in [0, 0.05) is 0 Å². The summed E-state index contributed by atoms with van der Waals surface area (Å²) in [6, 6.07) is 10.1. The Labute approximate surface area is 154 Å². The van der Waals surface area contributed by atoms with Gasteiger partial charge in [-0.1, -0.05) is 42.1 Å². The molecule has 1 aliphatic rings. The largest absolute Gasteiger partial charge is 0.469 e. The maximum Gasteiger partial charge on any atom is 0.220 e. The molecule has 0 amide bonds. The second-order valence-corrected chi connectivity index (χ2v) is 8.02. The predicted octanol–water partition coefficient (Wildman–Crippen LogP) is 4.17. The number of benzene rings is 1. The molecule has 1 aromatic rings. The van der Waals surface area contributed by atoms with Crippen molar-refractivity contribution in [1.29, 1.82) is 0 Å². The van der Waals surface area contributed by atoms with E-state index < -0.39 is 11.4 Å². The Hall–Kier alpha value is -0.660. The topological polar surface area (TPSA) is 36.9 Å². The average Bonchev–Trinajstić information content (AvgIpc) is 2.51. The van der Waals surface area contributed by atoms with Crippen molar-refractivity contribution in [2.45, 2.75) is 57.9 Å². The first-order chi connectivity index (χ1) is 11.3. The SMILES string of the molecule is CSC(=S)OC1[C@@H](C)OC(C)(C)O[C@@]1(C)COCc1ccccc1. The molecule has 0 spiro atoms. The highest BCUT2D eigenvalue weighted by atomic mass is 32.2. The number of rotatable bonds is 5. The molecule has 1 fully saturated rings. The molecule has 1 aliphatic heterocycles. The van der Waals surface area contributed by atoms with Gasteiger partial charge in [0.05, 0.1) is 19.3 Å². The molecule has 0 saturated carbocycles. The summed E-state index contributed by atoms with van der Waals surface area (Å²) in [7, 11) is 0. The minimum atomic E-state index is -0.703. The van der Waals surface area contributed by atoms with Crippen molar-refractivity contribution in [2.24, 2.45) is 0 Å². The van der Waals surface area contributed by atoms with Crippen LogP contribution in [0.5, 0.6) is 0 Å². The third-order valence-electron chi connectivity index (χ3n) is 3.87. The molecule has 4 nitrogen and oxygen atoms in total. The lowest BCUT2D eigenvalue weighted by atomic mass is 9.93. The van der Waals surface area contributed by atoms with Crippen molar-refractivity contribution in [2.75, 3.05) is 12.9 Å². The predicted molar refractivity (Wildman–Crippen MR) is 101 cm³/mol. The summed E-state index contributed by atoms with van der Waals surface area (Å²) < 4.78 is 24.5. The van der Waals surface area contributed by atoms with Crippen LogP contribution in [0.25, 0.3) is 0 Å². The molecule has 0 radical (unpaired) electrons. The van der Waals surface area contributed by atoms with E-state index in [1.165, 1.54) is 11.8 Å². The number of hydrogen-bond acceptors (Lipinski definition) is 6. The maximum absolute atomic E-state index is 6.19. The van der Waals surface area contributed by atoms with Crippen molar-refractivity contribution >= 4 is 28.4 Å². The van der Waals surface area contributed by atoms with E-state index in [2.05, 4.69) is 0 Å². The standard InChI is InChI=1S/C18H26O4S2/c1-13-15(20-16(23)24-5)18(4,22-17(2,3)21-13)12-19-11-14-9-7-6-8-10-14/h6-10,13,15H,11-12H2,1-5H3/t13-,15?,18+/m1/s1. The van der Waals surface area contributed by atoms with E-state index in [0.29, 0.717) is 17.6 Å². The number of ether oxygens (including phenoxy) is 4. The third kappa shape index (κ3) is 5.17. The Balaban J connectivity index is 2.08. The molecule has 1 aromatic carbocycles. The molecule has 0 aromatic heterocycles. The van der Waals surface area contributed by atoms with Gasteiger partial charge in [-0.05, 0) is 51.7 Å². The summed E-state index contributed by atoms with van der Waals surface area (Å²) in [5, 5.41) is 0. The minimum absolute atomic E-state index is 0.163. The first-order valence-corrected chi connectivity index (χ1v) is 9.63. The Morgan fingerprint density at radius 2 is 1.92 bits per heavy atom. The molecule has 1 heterocycles. The molecule has 134 valence electrons. The summed E-state index contributed by atoms with van der Waals surface area (Å²) in [4.78, 5) is 0. The lowest BCUT2D eigenvalue weighted by Crippen LogP contribution is -2.63. The van der Waals surface area contributed by atoms with E-state index in [4.69, 9.17) is 31.2 Å². The molecule has 6 heteroatoms. The van der Waals surface area contributed by atoms with Gasteiger partial charge in [-0.15, -0.1) is 0 Å². The average molecular weight is 371 g/mol. The number of thioether (sulfide) groups is 1. The van der Waals surface area contributed by atoms with Gasteiger partial charge in [0.1, 0.15) is 5.60 Å². The van der Waals surface area contributed by atoms with E-state index in [1.54, 1.807) is 0 Å². The quantitative estimate of drug-likeness (QED) is 0.724. The van der Waals surface area contributed by atoms with Crippen LogP contribution >= 0.6 is 24.0 Å². The second-order valence-electron chi connectivity index (χ2n) is 6.61. The number of hydrogen-bond donors (Lipinski definition) is 0. The maximum atomic E-state index is 6.19. The van der Waals surface area contributed by atoms with Crippen LogP contribution in [0.2, 0.25) is 0 Å². The first kappa shape index (κ1) is 19.7. The fourth-order valence-electron chi connectivity index (χ4n) is 3.08. The molecule has 24 heavy (non-hydrogen) atoms. The first-order valence-electron chi connectivity index (χ1n) is 8.00. The second kappa shape index (κ2) is 8.15. The van der Waals surface area contributed by atoms with Gasteiger partial charge in [-0.3, -0.25) is 0 Å². The van der Waals surface area contributed by atoms with Crippen molar-refractivity contribution in [1.82, 2.24) is 0 Å². The zero-order chi connectivity index (χ0) is 17.8. The molecule has 1 unspecified atom stereocenters. The highest BCUT2D eigenvalue weighted by Gasteiger charge is 2.51. The molecule has 0 N–H and O–H groups in total. The fraction of sp³-hybridized carbons (Fsp3) is 0.611. The molecule has 0 bridgehead atoms. The van der Waals surface area contributed by atoms with Gasteiger partial charge in [0.15, 0.2) is 11.9 Å². The molecule has 0 aliphatic carbocycles. The highest BCUT2D eigenvalue weighted by molar-refractivity contribution is 8.22. The highest BCUT2D eigenvalue weighted by Crippen LogP contribution is 2.37. The Kier molecular flexibility index (Phi) is 6.67. The molecular weight excluding hydrogens is 344 g/mol. The van der Waals surface area contributed by atoms with E-state index in [9.17, 15) is 0 Å². The summed E-state index contributed by atoms with van der Waals surface area (Å²) in [6.45, 7) is 8.69. The normalized spacial score (nSPS) is 29.2. The van der Waals surface area contributed by atoms with Crippen LogP contribution in [0.1, 0.15) is 33.3 Å². The van der Waals surface area contributed by atoms with Crippen LogP contribution in [-0.4, -0.2) is 40.8 Å². The lowest BCUT2D eigenvalue weighted by Gasteiger charge is -2.50. The Morgan fingerprint density at radius 3 is 2.54 bits per heavy atom. The molecule has 2 rings (SSSR count). The van der Waals surface area contributed by atoms with Gasteiger partial charge in [-0.25, -0.2) is 0 Å². The zero-order valence-corrected chi connectivity index (χ0v) is 16.5. The smallest absolute Gasteiger partial charge is 0.220 e. The third-order valence-corrected chi connectivity index (χ3v) is 4.89. The Bertz CT molecular complexity index is 549. The van der Waals surface area contributed by atoms with Gasteiger partial charge in [-0.2, -0.15) is 0 Å². The van der Waals surface area contributed by atoms with Crippen molar-refractivity contribution in [3.63, 3.8) is 0 Å². The Morgan fingerprint density at radius 1 is 1.25 bits per heavy atom. The zero-order valence-electron chi connectivity index (χ0n) is 14.9. The molecule has 3 atom stereocenters. The van der Waals surface area contributed by atoms with Gasteiger partial charge < -0.3 is 18.9 Å². The monoisotopic (exact) mass is 370 g/mol. The summed E-state index contributed by atoms with van der Waals surface area (Å²) in [5.41, 5.74) is 0.466. The van der Waals surface area contributed by atoms with Crippen LogP contribution in [0.4, 0.5) is 0 Å². The summed E-state index contributed by atoms with van der Waals surface area (Å²) in [5.74, 6) is -0.703. The van der Waals surface area contributed by atoms with E-state index in [-0.39, 0.29) is 12.2 Å². The van der Waals surface area contributed by atoms with E-state index >= 15 is 0 Å². The van der Waals surface area contributed by atoms with Crippen molar-refractivity contribution in [3.8, 4) is 0 Å². The van der Waals surface area contributed by atoms with Crippen LogP contribution in [0.3, 0.4) is 0 Å². The van der Waals surface area contributed by atoms with Crippen LogP contribution in [0, 0.1) is 0 Å². The van der Waals surface area contributed by atoms with Gasteiger partial charge in [0.25, 0.3) is 0 Å².